The van der Waals surface area contributed by atoms with Gasteiger partial charge in [-0.1, -0.05) is 26.7 Å². The van der Waals surface area contributed by atoms with Crippen LogP contribution in [-0.2, 0) is 19.6 Å². The van der Waals surface area contributed by atoms with Gasteiger partial charge in [0, 0.05) is 29.6 Å². The average Bonchev–Trinajstić information content (AvgIpc) is 2.53. The van der Waals surface area contributed by atoms with E-state index in [0.29, 0.717) is 12.8 Å². The Balaban J connectivity index is 0.00000576. The van der Waals surface area contributed by atoms with Crippen LogP contribution in [0.4, 0.5) is 0 Å². The van der Waals surface area contributed by atoms with E-state index in [9.17, 15) is 22.6 Å². The van der Waals surface area contributed by atoms with Gasteiger partial charge < -0.3 is 9.47 Å². The van der Waals surface area contributed by atoms with E-state index in [-0.39, 0.29) is 53.9 Å². The average molecular weight is 381 g/mol. The smallest absolute Gasteiger partial charge is 0.338 e. The summed E-state index contributed by atoms with van der Waals surface area (Å²) in [6, 6.07) is 3.12. The minimum absolute atomic E-state index is 0. The molecular formula is C16H22NaO7S. The van der Waals surface area contributed by atoms with Crippen molar-refractivity contribution in [2.24, 2.45) is 0 Å². The monoisotopic (exact) mass is 381 g/mol. The van der Waals surface area contributed by atoms with Crippen LogP contribution in [0.1, 0.15) is 60.2 Å². The van der Waals surface area contributed by atoms with Crippen molar-refractivity contribution in [1.82, 2.24) is 0 Å². The first-order valence-corrected chi connectivity index (χ1v) is 9.20. The van der Waals surface area contributed by atoms with Crippen molar-refractivity contribution in [3.63, 3.8) is 0 Å². The number of rotatable bonds is 9. The van der Waals surface area contributed by atoms with Crippen molar-refractivity contribution in [2.45, 2.75) is 44.4 Å². The van der Waals surface area contributed by atoms with Crippen molar-refractivity contribution in [3.8, 4) is 0 Å². The maximum Gasteiger partial charge on any atom is 0.338 e. The number of hydrogen-bond donors (Lipinski definition) is 1. The molecule has 0 spiro atoms. The second-order valence-corrected chi connectivity index (χ2v) is 6.62. The fourth-order valence-electron chi connectivity index (χ4n) is 1.77. The Morgan fingerprint density at radius 1 is 0.920 bits per heavy atom. The van der Waals surface area contributed by atoms with Crippen LogP contribution in [0.3, 0.4) is 0 Å². The van der Waals surface area contributed by atoms with Crippen LogP contribution in [0.15, 0.2) is 23.1 Å². The van der Waals surface area contributed by atoms with Crippen LogP contribution in [-0.4, -0.2) is 67.7 Å². The largest absolute Gasteiger partial charge is 0.462 e. The molecule has 0 unspecified atom stereocenters. The van der Waals surface area contributed by atoms with Gasteiger partial charge in [0.25, 0.3) is 10.1 Å². The molecule has 1 radical (unpaired) electrons. The predicted molar refractivity (Wildman–Crippen MR) is 92.4 cm³/mol. The molecule has 9 heteroatoms. The van der Waals surface area contributed by atoms with Crippen LogP contribution in [0.25, 0.3) is 0 Å². The molecule has 0 bridgehead atoms. The van der Waals surface area contributed by atoms with Crippen molar-refractivity contribution >= 4 is 51.6 Å². The third-order valence-corrected chi connectivity index (χ3v) is 3.97. The topological polar surface area (TPSA) is 107 Å². The fourth-order valence-corrected chi connectivity index (χ4v) is 2.32. The van der Waals surface area contributed by atoms with E-state index in [1.54, 1.807) is 0 Å². The molecule has 0 saturated heterocycles. The molecule has 135 valence electrons. The summed E-state index contributed by atoms with van der Waals surface area (Å²) in [5.41, 5.74) is -0.271. The molecule has 0 aliphatic heterocycles. The minimum Gasteiger partial charge on any atom is -0.462 e. The Morgan fingerprint density at radius 3 is 1.64 bits per heavy atom. The summed E-state index contributed by atoms with van der Waals surface area (Å²) in [5.74, 6) is -1.53. The zero-order chi connectivity index (χ0) is 18.2. The molecule has 1 aromatic carbocycles. The Hall–Kier alpha value is -0.930. The maximum atomic E-state index is 12.0. The van der Waals surface area contributed by atoms with E-state index >= 15 is 0 Å². The summed E-state index contributed by atoms with van der Waals surface area (Å²) in [4.78, 5) is 23.4. The summed E-state index contributed by atoms with van der Waals surface area (Å²) in [6.07, 6.45) is 2.98. The number of hydrogen-bond acceptors (Lipinski definition) is 6. The third-order valence-electron chi connectivity index (χ3n) is 3.14. The molecule has 25 heavy (non-hydrogen) atoms. The second-order valence-electron chi connectivity index (χ2n) is 5.20. The van der Waals surface area contributed by atoms with E-state index in [4.69, 9.17) is 9.47 Å². The number of unbranched alkanes of at least 4 members (excludes halogenated alkanes) is 2. The number of carbonyl (C=O) groups excluding carboxylic acids is 2. The zero-order valence-corrected chi connectivity index (χ0v) is 17.6. The van der Waals surface area contributed by atoms with Crippen molar-refractivity contribution in [1.29, 1.82) is 0 Å². The van der Waals surface area contributed by atoms with Gasteiger partial charge in [0.15, 0.2) is 0 Å². The molecular weight excluding hydrogens is 359 g/mol. The van der Waals surface area contributed by atoms with Gasteiger partial charge in [-0.15, -0.1) is 0 Å². The fraction of sp³-hybridized carbons (Fsp3) is 0.500. The SMILES string of the molecule is CCCCOC(=O)c1cc(C(=O)OCCCC)cc(S(=O)(=O)O)c1.[Na]. The first-order valence-electron chi connectivity index (χ1n) is 7.76. The molecule has 0 heterocycles. The van der Waals surface area contributed by atoms with E-state index < -0.39 is 27.0 Å². The summed E-state index contributed by atoms with van der Waals surface area (Å²) < 4.78 is 41.9. The maximum absolute atomic E-state index is 12.0. The number of carbonyl (C=O) groups is 2. The van der Waals surface area contributed by atoms with Crippen LogP contribution in [0.5, 0.6) is 0 Å². The summed E-state index contributed by atoms with van der Waals surface area (Å²) >= 11 is 0. The van der Waals surface area contributed by atoms with Gasteiger partial charge in [-0.25, -0.2) is 9.59 Å². The molecule has 0 saturated carbocycles. The number of benzene rings is 1. The summed E-state index contributed by atoms with van der Waals surface area (Å²) in [6.45, 7) is 4.22. The standard InChI is InChI=1S/C16H22O7S.Na/c1-3-5-7-22-15(17)12-9-13(16(18)23-8-6-4-2)11-14(10-12)24(19,20)21;/h9-11H,3-8H2,1-2H3,(H,19,20,21);. The van der Waals surface area contributed by atoms with Gasteiger partial charge in [0.1, 0.15) is 0 Å². The normalized spacial score (nSPS) is 10.7. The molecule has 1 aromatic rings. The van der Waals surface area contributed by atoms with Gasteiger partial charge in [0.05, 0.1) is 29.2 Å². The summed E-state index contributed by atoms with van der Waals surface area (Å²) in [7, 11) is -4.58. The molecule has 0 aliphatic rings. The molecule has 0 atom stereocenters. The van der Waals surface area contributed by atoms with E-state index in [2.05, 4.69) is 0 Å². The van der Waals surface area contributed by atoms with Crippen LogP contribution < -0.4 is 0 Å². The van der Waals surface area contributed by atoms with Crippen molar-refractivity contribution < 1.29 is 32.0 Å². The minimum atomic E-state index is -4.58. The van der Waals surface area contributed by atoms with E-state index in [1.807, 2.05) is 13.8 Å². The Morgan fingerprint density at radius 2 is 1.32 bits per heavy atom. The van der Waals surface area contributed by atoms with Crippen molar-refractivity contribution in [2.75, 3.05) is 13.2 Å². The van der Waals surface area contributed by atoms with Crippen LogP contribution >= 0.6 is 0 Å². The molecule has 0 amide bonds. The molecule has 0 aliphatic carbocycles. The van der Waals surface area contributed by atoms with E-state index in [1.165, 1.54) is 6.07 Å². The third kappa shape index (κ3) is 8.33. The predicted octanol–water partition coefficient (Wildman–Crippen LogP) is 2.47. The second kappa shape index (κ2) is 11.6. The first kappa shape index (κ1) is 24.1. The van der Waals surface area contributed by atoms with Gasteiger partial charge in [-0.2, -0.15) is 8.42 Å². The molecule has 1 N–H and O–H groups in total. The summed E-state index contributed by atoms with van der Waals surface area (Å²) in [5, 5.41) is 0. The van der Waals surface area contributed by atoms with Crippen molar-refractivity contribution in [3.05, 3.63) is 29.3 Å². The number of esters is 2. The van der Waals surface area contributed by atoms with Gasteiger partial charge in [-0.05, 0) is 31.0 Å². The Labute approximate surface area is 170 Å². The van der Waals surface area contributed by atoms with E-state index in [0.717, 1.165) is 25.0 Å². The number of ether oxygens (including phenoxy) is 2. The Kier molecular flexibility index (Phi) is 11.2. The molecule has 1 rings (SSSR count). The quantitative estimate of drug-likeness (QED) is 0.303. The molecule has 0 fully saturated rings. The van der Waals surface area contributed by atoms with Gasteiger partial charge in [-0.3, -0.25) is 4.55 Å². The Bertz CT molecular complexity index is 645. The first-order chi connectivity index (χ1) is 11.3. The van der Waals surface area contributed by atoms with Gasteiger partial charge >= 0.3 is 11.9 Å². The molecule has 7 nitrogen and oxygen atoms in total. The molecule has 0 aromatic heterocycles. The van der Waals surface area contributed by atoms with Crippen LogP contribution in [0, 0.1) is 0 Å². The van der Waals surface area contributed by atoms with Crippen LogP contribution in [0.2, 0.25) is 0 Å². The van der Waals surface area contributed by atoms with Gasteiger partial charge in [0.2, 0.25) is 0 Å². The zero-order valence-electron chi connectivity index (χ0n) is 14.8.